The Morgan fingerprint density at radius 1 is 1.07 bits per heavy atom. The van der Waals surface area contributed by atoms with Gasteiger partial charge in [0.05, 0.1) is 32.2 Å². The van der Waals surface area contributed by atoms with Crippen LogP contribution in [0.1, 0.15) is 17.2 Å². The summed E-state index contributed by atoms with van der Waals surface area (Å²) in [5.74, 6) is 0.885. The van der Waals surface area contributed by atoms with Gasteiger partial charge >= 0.3 is 0 Å². The van der Waals surface area contributed by atoms with E-state index in [0.29, 0.717) is 6.04 Å². The summed E-state index contributed by atoms with van der Waals surface area (Å²) >= 11 is 0. The molecule has 2 aromatic carbocycles. The molecule has 6 nitrogen and oxygen atoms in total. The quantitative estimate of drug-likeness (QED) is 0.639. The van der Waals surface area contributed by atoms with Crippen molar-refractivity contribution in [2.75, 3.05) is 40.0 Å². The van der Waals surface area contributed by atoms with Crippen molar-refractivity contribution < 1.29 is 9.47 Å². The highest BCUT2D eigenvalue weighted by molar-refractivity contribution is 5.31. The van der Waals surface area contributed by atoms with E-state index < -0.39 is 0 Å². The zero-order valence-corrected chi connectivity index (χ0v) is 16.8. The Labute approximate surface area is 172 Å². The number of morpholine rings is 1. The van der Waals surface area contributed by atoms with Crippen molar-refractivity contribution in [3.63, 3.8) is 0 Å². The second kappa shape index (κ2) is 9.69. The molecule has 0 saturated carbocycles. The molecule has 1 fully saturated rings. The number of nitrogens with zero attached hydrogens (tertiary/aromatic N) is 3. The molecule has 1 aromatic heterocycles. The SMILES string of the molecule is COc1ccc(C(CNCc2cnn(-c3ccccc3)c2)N2CCOCC2)cc1. The zero-order chi connectivity index (χ0) is 19.9. The molecule has 4 rings (SSSR count). The van der Waals surface area contributed by atoms with E-state index in [0.717, 1.165) is 50.8 Å². The van der Waals surface area contributed by atoms with E-state index in [1.54, 1.807) is 7.11 Å². The molecular formula is C23H28N4O2. The van der Waals surface area contributed by atoms with Crippen LogP contribution in [0.2, 0.25) is 0 Å². The van der Waals surface area contributed by atoms with E-state index in [2.05, 4.69) is 45.8 Å². The van der Waals surface area contributed by atoms with Crippen LogP contribution in [0.25, 0.3) is 5.69 Å². The van der Waals surface area contributed by atoms with Crippen molar-refractivity contribution in [1.29, 1.82) is 0 Å². The molecule has 1 aliphatic rings. The number of nitrogens with one attached hydrogen (secondary N) is 1. The maximum absolute atomic E-state index is 5.55. The van der Waals surface area contributed by atoms with Crippen molar-refractivity contribution in [1.82, 2.24) is 20.0 Å². The Morgan fingerprint density at radius 2 is 1.83 bits per heavy atom. The molecule has 1 N–H and O–H groups in total. The highest BCUT2D eigenvalue weighted by Gasteiger charge is 2.22. The average molecular weight is 393 g/mol. The van der Waals surface area contributed by atoms with Crippen molar-refractivity contribution in [3.8, 4) is 11.4 Å². The normalized spacial score (nSPS) is 15.9. The lowest BCUT2D eigenvalue weighted by Crippen LogP contribution is -2.42. The Hall–Kier alpha value is -2.67. The van der Waals surface area contributed by atoms with Gasteiger partial charge in [-0.15, -0.1) is 0 Å². The molecule has 29 heavy (non-hydrogen) atoms. The van der Waals surface area contributed by atoms with Crippen molar-refractivity contribution in [3.05, 3.63) is 78.1 Å². The van der Waals surface area contributed by atoms with Gasteiger partial charge < -0.3 is 14.8 Å². The third kappa shape index (κ3) is 5.03. The Bertz CT molecular complexity index is 873. The summed E-state index contributed by atoms with van der Waals surface area (Å²) in [4.78, 5) is 2.49. The smallest absolute Gasteiger partial charge is 0.118 e. The monoisotopic (exact) mass is 392 g/mol. The maximum atomic E-state index is 5.55. The molecule has 0 amide bonds. The van der Waals surface area contributed by atoms with E-state index in [1.807, 2.05) is 41.2 Å². The number of methoxy groups -OCH3 is 1. The fourth-order valence-electron chi connectivity index (χ4n) is 3.70. The van der Waals surface area contributed by atoms with Gasteiger partial charge in [-0.05, 0) is 29.8 Å². The lowest BCUT2D eigenvalue weighted by Gasteiger charge is -2.35. The number of benzene rings is 2. The third-order valence-corrected chi connectivity index (χ3v) is 5.31. The van der Waals surface area contributed by atoms with Gasteiger partial charge in [-0.1, -0.05) is 30.3 Å². The number of para-hydroxylation sites is 1. The van der Waals surface area contributed by atoms with Gasteiger partial charge in [0.15, 0.2) is 0 Å². The molecule has 1 atom stereocenters. The summed E-state index contributed by atoms with van der Waals surface area (Å²) in [5.41, 5.74) is 3.53. The molecule has 152 valence electrons. The van der Waals surface area contributed by atoms with Gasteiger partial charge in [-0.3, -0.25) is 4.90 Å². The maximum Gasteiger partial charge on any atom is 0.118 e. The highest BCUT2D eigenvalue weighted by Crippen LogP contribution is 2.23. The first-order valence-electron chi connectivity index (χ1n) is 10.1. The summed E-state index contributed by atoms with van der Waals surface area (Å²) in [6.07, 6.45) is 4.01. The zero-order valence-electron chi connectivity index (χ0n) is 16.8. The first-order valence-corrected chi connectivity index (χ1v) is 10.1. The molecule has 2 heterocycles. The fraction of sp³-hybridized carbons (Fsp3) is 0.348. The van der Waals surface area contributed by atoms with Gasteiger partial charge in [0.2, 0.25) is 0 Å². The fourth-order valence-corrected chi connectivity index (χ4v) is 3.70. The number of aromatic nitrogens is 2. The van der Waals surface area contributed by atoms with Gasteiger partial charge in [0.1, 0.15) is 5.75 Å². The van der Waals surface area contributed by atoms with Gasteiger partial charge in [0, 0.05) is 44.0 Å². The van der Waals surface area contributed by atoms with Crippen LogP contribution in [-0.2, 0) is 11.3 Å². The predicted octanol–water partition coefficient (Wildman–Crippen LogP) is 3.04. The highest BCUT2D eigenvalue weighted by atomic mass is 16.5. The molecule has 1 unspecified atom stereocenters. The Balaban J connectivity index is 1.40. The average Bonchev–Trinajstić information content (AvgIpc) is 3.27. The van der Waals surface area contributed by atoms with E-state index in [-0.39, 0.29) is 0 Å². The third-order valence-electron chi connectivity index (χ3n) is 5.31. The van der Waals surface area contributed by atoms with Crippen LogP contribution in [0.15, 0.2) is 67.0 Å². The number of rotatable bonds is 8. The standard InChI is InChI=1S/C23H28N4O2/c1-28-22-9-7-20(8-10-22)23(26-11-13-29-14-12-26)17-24-15-19-16-25-27(18-19)21-5-3-2-4-6-21/h2-10,16,18,23-24H,11-15,17H2,1H3. The molecular weight excluding hydrogens is 364 g/mol. The molecule has 0 aliphatic carbocycles. The summed E-state index contributed by atoms with van der Waals surface area (Å²) in [7, 11) is 1.70. The van der Waals surface area contributed by atoms with E-state index in [4.69, 9.17) is 9.47 Å². The minimum Gasteiger partial charge on any atom is -0.497 e. The summed E-state index contributed by atoms with van der Waals surface area (Å²) in [5, 5.41) is 8.11. The number of ether oxygens (including phenoxy) is 2. The molecule has 1 saturated heterocycles. The minimum atomic E-state index is 0.300. The van der Waals surface area contributed by atoms with Crippen LogP contribution in [0.5, 0.6) is 5.75 Å². The lowest BCUT2D eigenvalue weighted by atomic mass is 10.0. The van der Waals surface area contributed by atoms with Crippen molar-refractivity contribution >= 4 is 0 Å². The van der Waals surface area contributed by atoms with Crippen LogP contribution in [-0.4, -0.2) is 54.6 Å². The predicted molar refractivity (Wildman–Crippen MR) is 113 cm³/mol. The first-order chi connectivity index (χ1) is 14.3. The first kappa shape index (κ1) is 19.6. The topological polar surface area (TPSA) is 51.5 Å². The van der Waals surface area contributed by atoms with Crippen LogP contribution in [0.4, 0.5) is 0 Å². The van der Waals surface area contributed by atoms with Crippen LogP contribution >= 0.6 is 0 Å². The molecule has 6 heteroatoms. The van der Waals surface area contributed by atoms with Gasteiger partial charge in [-0.2, -0.15) is 5.10 Å². The molecule has 3 aromatic rings. The Kier molecular flexibility index (Phi) is 6.56. The lowest BCUT2D eigenvalue weighted by molar-refractivity contribution is 0.0161. The molecule has 1 aliphatic heterocycles. The van der Waals surface area contributed by atoms with Crippen LogP contribution < -0.4 is 10.1 Å². The summed E-state index contributed by atoms with van der Waals surface area (Å²) in [6, 6.07) is 18.9. The van der Waals surface area contributed by atoms with E-state index in [1.165, 1.54) is 11.1 Å². The van der Waals surface area contributed by atoms with Gasteiger partial charge in [-0.25, -0.2) is 4.68 Å². The molecule has 0 radical (unpaired) electrons. The molecule has 0 spiro atoms. The van der Waals surface area contributed by atoms with Crippen LogP contribution in [0.3, 0.4) is 0 Å². The number of hydrogen-bond donors (Lipinski definition) is 1. The summed E-state index contributed by atoms with van der Waals surface area (Å²) < 4.78 is 12.8. The second-order valence-electron chi connectivity index (χ2n) is 7.20. The van der Waals surface area contributed by atoms with Crippen molar-refractivity contribution in [2.45, 2.75) is 12.6 Å². The largest absolute Gasteiger partial charge is 0.497 e. The number of hydrogen-bond acceptors (Lipinski definition) is 5. The molecule has 0 bridgehead atoms. The Morgan fingerprint density at radius 3 is 2.55 bits per heavy atom. The summed E-state index contributed by atoms with van der Waals surface area (Å²) in [6.45, 7) is 5.12. The second-order valence-corrected chi connectivity index (χ2v) is 7.20. The van der Waals surface area contributed by atoms with E-state index >= 15 is 0 Å². The van der Waals surface area contributed by atoms with Crippen molar-refractivity contribution in [2.24, 2.45) is 0 Å². The van der Waals surface area contributed by atoms with Crippen LogP contribution in [0, 0.1) is 0 Å². The minimum absolute atomic E-state index is 0.300. The van der Waals surface area contributed by atoms with E-state index in [9.17, 15) is 0 Å². The van der Waals surface area contributed by atoms with Gasteiger partial charge in [0.25, 0.3) is 0 Å².